The fourth-order valence-corrected chi connectivity index (χ4v) is 4.82. The van der Waals surface area contributed by atoms with E-state index in [1.165, 1.54) is 6.07 Å². The molecule has 4 rings (SSSR count). The molecule has 1 saturated heterocycles. The average molecular weight is 436 g/mol. The molecule has 6 heteroatoms. The van der Waals surface area contributed by atoms with Crippen molar-refractivity contribution < 1.29 is 18.6 Å². The van der Waals surface area contributed by atoms with E-state index in [-0.39, 0.29) is 23.9 Å². The van der Waals surface area contributed by atoms with Crippen LogP contribution < -0.4 is 14.8 Å². The SMILES string of the molecule is CCOc1cc(C2Nc3ccc(F)cc3C3OCCCC23)cc(Br)c1OC. The minimum absolute atomic E-state index is 0.0506. The summed E-state index contributed by atoms with van der Waals surface area (Å²) in [6.07, 6.45) is 1.91. The van der Waals surface area contributed by atoms with Crippen molar-refractivity contribution >= 4 is 21.6 Å². The Kier molecular flexibility index (Phi) is 5.28. The Morgan fingerprint density at radius 2 is 2.15 bits per heavy atom. The Morgan fingerprint density at radius 3 is 2.93 bits per heavy atom. The van der Waals surface area contributed by atoms with Crippen LogP contribution in [0.15, 0.2) is 34.8 Å². The van der Waals surface area contributed by atoms with Crippen LogP contribution in [0.3, 0.4) is 0 Å². The van der Waals surface area contributed by atoms with Crippen molar-refractivity contribution in [2.45, 2.75) is 31.9 Å². The normalized spacial score (nSPS) is 23.8. The minimum Gasteiger partial charge on any atom is -0.492 e. The monoisotopic (exact) mass is 435 g/mol. The van der Waals surface area contributed by atoms with Gasteiger partial charge in [0.25, 0.3) is 0 Å². The molecule has 0 saturated carbocycles. The quantitative estimate of drug-likeness (QED) is 0.675. The maximum absolute atomic E-state index is 13.8. The van der Waals surface area contributed by atoms with Gasteiger partial charge in [0, 0.05) is 23.8 Å². The van der Waals surface area contributed by atoms with E-state index in [1.807, 2.05) is 13.0 Å². The van der Waals surface area contributed by atoms with Gasteiger partial charge in [-0.2, -0.15) is 0 Å². The maximum Gasteiger partial charge on any atom is 0.174 e. The molecule has 0 aliphatic carbocycles. The van der Waals surface area contributed by atoms with Gasteiger partial charge in [-0.3, -0.25) is 0 Å². The highest BCUT2D eigenvalue weighted by atomic mass is 79.9. The number of ether oxygens (including phenoxy) is 3. The lowest BCUT2D eigenvalue weighted by molar-refractivity contribution is -0.0383. The molecule has 3 atom stereocenters. The summed E-state index contributed by atoms with van der Waals surface area (Å²) in [7, 11) is 1.64. The number of nitrogens with one attached hydrogen (secondary N) is 1. The molecular formula is C21H23BrFNO3. The molecule has 0 aromatic heterocycles. The fraction of sp³-hybridized carbons (Fsp3) is 0.429. The Morgan fingerprint density at radius 1 is 1.30 bits per heavy atom. The van der Waals surface area contributed by atoms with Crippen molar-refractivity contribution in [3.63, 3.8) is 0 Å². The van der Waals surface area contributed by atoms with Crippen molar-refractivity contribution in [3.8, 4) is 11.5 Å². The van der Waals surface area contributed by atoms with Gasteiger partial charge in [0.2, 0.25) is 0 Å². The van der Waals surface area contributed by atoms with E-state index in [0.717, 1.165) is 34.1 Å². The van der Waals surface area contributed by atoms with E-state index in [1.54, 1.807) is 19.2 Å². The lowest BCUT2D eigenvalue weighted by atomic mass is 9.77. The van der Waals surface area contributed by atoms with Crippen LogP contribution in [0.4, 0.5) is 10.1 Å². The van der Waals surface area contributed by atoms with Gasteiger partial charge in [0.05, 0.1) is 30.3 Å². The van der Waals surface area contributed by atoms with E-state index in [4.69, 9.17) is 14.2 Å². The highest BCUT2D eigenvalue weighted by Gasteiger charge is 2.40. The predicted octanol–water partition coefficient (Wildman–Crippen LogP) is 5.63. The molecule has 2 aliphatic rings. The van der Waals surface area contributed by atoms with Gasteiger partial charge in [-0.15, -0.1) is 0 Å². The second-order valence-corrected chi connectivity index (χ2v) is 7.77. The molecule has 1 N–H and O–H groups in total. The molecule has 0 bridgehead atoms. The van der Waals surface area contributed by atoms with E-state index in [9.17, 15) is 4.39 Å². The third kappa shape index (κ3) is 3.41. The molecular weight excluding hydrogens is 413 g/mol. The Bertz CT molecular complexity index is 844. The number of rotatable bonds is 4. The number of methoxy groups -OCH3 is 1. The second-order valence-electron chi connectivity index (χ2n) is 6.92. The summed E-state index contributed by atoms with van der Waals surface area (Å²) in [4.78, 5) is 0. The first kappa shape index (κ1) is 18.6. The standard InChI is InChI=1S/C21H23BrFNO3/c1-3-26-18-10-12(9-16(22)21(18)25-2)19-14-5-4-8-27-20(14)15-11-13(23)6-7-17(15)24-19/h6-7,9-11,14,19-20,24H,3-5,8H2,1-2H3. The lowest BCUT2D eigenvalue weighted by Crippen LogP contribution is -2.36. The molecule has 4 nitrogen and oxygen atoms in total. The van der Waals surface area contributed by atoms with Gasteiger partial charge in [-0.25, -0.2) is 4.39 Å². The third-order valence-electron chi connectivity index (χ3n) is 5.32. The zero-order chi connectivity index (χ0) is 19.0. The number of hydrogen-bond donors (Lipinski definition) is 1. The van der Waals surface area contributed by atoms with Gasteiger partial charge < -0.3 is 19.5 Å². The van der Waals surface area contributed by atoms with E-state index in [2.05, 4.69) is 27.3 Å². The van der Waals surface area contributed by atoms with Crippen LogP contribution >= 0.6 is 15.9 Å². The lowest BCUT2D eigenvalue weighted by Gasteiger charge is -2.43. The van der Waals surface area contributed by atoms with Crippen molar-refractivity contribution in [1.29, 1.82) is 0 Å². The van der Waals surface area contributed by atoms with Crippen LogP contribution in [-0.4, -0.2) is 20.3 Å². The van der Waals surface area contributed by atoms with Gasteiger partial charge in [0.15, 0.2) is 11.5 Å². The second kappa shape index (κ2) is 7.68. The summed E-state index contributed by atoms with van der Waals surface area (Å²) >= 11 is 3.61. The molecule has 1 fully saturated rings. The molecule has 0 spiro atoms. The average Bonchev–Trinajstić information content (AvgIpc) is 2.67. The van der Waals surface area contributed by atoms with E-state index >= 15 is 0 Å². The van der Waals surface area contributed by atoms with E-state index < -0.39 is 0 Å². The first-order valence-electron chi connectivity index (χ1n) is 9.30. The van der Waals surface area contributed by atoms with Crippen LogP contribution in [0.1, 0.15) is 43.0 Å². The zero-order valence-electron chi connectivity index (χ0n) is 15.4. The molecule has 144 valence electrons. The van der Waals surface area contributed by atoms with Gasteiger partial charge >= 0.3 is 0 Å². The molecule has 2 heterocycles. The van der Waals surface area contributed by atoms with Crippen LogP contribution in [0, 0.1) is 11.7 Å². The number of halogens is 2. The number of fused-ring (bicyclic) bond motifs is 3. The Hall–Kier alpha value is -1.79. The number of hydrogen-bond acceptors (Lipinski definition) is 4. The zero-order valence-corrected chi connectivity index (χ0v) is 17.0. The molecule has 2 aromatic carbocycles. The van der Waals surface area contributed by atoms with Gasteiger partial charge in [-0.05, 0) is 71.6 Å². The summed E-state index contributed by atoms with van der Waals surface area (Å²) in [6, 6.07) is 9.03. The molecule has 0 amide bonds. The number of benzene rings is 2. The highest BCUT2D eigenvalue weighted by Crippen LogP contribution is 2.50. The van der Waals surface area contributed by atoms with Crippen LogP contribution in [0.25, 0.3) is 0 Å². The summed E-state index contributed by atoms with van der Waals surface area (Å²) < 4.78 is 32.1. The van der Waals surface area contributed by atoms with Crippen LogP contribution in [0.2, 0.25) is 0 Å². The first-order chi connectivity index (χ1) is 13.1. The largest absolute Gasteiger partial charge is 0.492 e. The summed E-state index contributed by atoms with van der Waals surface area (Å²) in [5.41, 5.74) is 2.93. The van der Waals surface area contributed by atoms with Gasteiger partial charge in [-0.1, -0.05) is 0 Å². The molecule has 2 aliphatic heterocycles. The third-order valence-corrected chi connectivity index (χ3v) is 5.91. The fourth-order valence-electron chi connectivity index (χ4n) is 4.20. The topological polar surface area (TPSA) is 39.7 Å². The minimum atomic E-state index is -0.229. The maximum atomic E-state index is 13.8. The Labute approximate surface area is 167 Å². The first-order valence-corrected chi connectivity index (χ1v) is 10.1. The molecule has 0 radical (unpaired) electrons. The van der Waals surface area contributed by atoms with Crippen LogP contribution in [-0.2, 0) is 4.74 Å². The summed E-state index contributed by atoms with van der Waals surface area (Å²) in [5.74, 6) is 1.40. The summed E-state index contributed by atoms with van der Waals surface area (Å²) in [6.45, 7) is 3.22. The van der Waals surface area contributed by atoms with Crippen molar-refractivity contribution in [1.82, 2.24) is 0 Å². The smallest absolute Gasteiger partial charge is 0.174 e. The predicted molar refractivity (Wildman–Crippen MR) is 106 cm³/mol. The Balaban J connectivity index is 1.78. The van der Waals surface area contributed by atoms with Crippen molar-refractivity contribution in [3.05, 3.63) is 51.7 Å². The highest BCUT2D eigenvalue weighted by molar-refractivity contribution is 9.10. The van der Waals surface area contributed by atoms with Crippen molar-refractivity contribution in [2.75, 3.05) is 25.6 Å². The molecule has 27 heavy (non-hydrogen) atoms. The van der Waals surface area contributed by atoms with Crippen LogP contribution in [0.5, 0.6) is 11.5 Å². The van der Waals surface area contributed by atoms with Crippen molar-refractivity contribution in [2.24, 2.45) is 5.92 Å². The van der Waals surface area contributed by atoms with E-state index in [0.29, 0.717) is 24.7 Å². The molecule has 3 unspecified atom stereocenters. The van der Waals surface area contributed by atoms with Gasteiger partial charge in [0.1, 0.15) is 5.82 Å². The molecule has 2 aromatic rings. The summed E-state index contributed by atoms with van der Waals surface area (Å²) in [5, 5.41) is 3.61. The number of anilines is 1.